The highest BCUT2D eigenvalue weighted by Gasteiger charge is 2.30. The topological polar surface area (TPSA) is 82.0 Å². The third-order valence-electron chi connectivity index (χ3n) is 4.82. The lowest BCUT2D eigenvalue weighted by molar-refractivity contribution is -0.125. The summed E-state index contributed by atoms with van der Waals surface area (Å²) >= 11 is 0. The molecule has 0 heterocycles. The van der Waals surface area contributed by atoms with Crippen molar-refractivity contribution >= 4 is 23.2 Å². The molecule has 0 aromatic heterocycles. The predicted octanol–water partition coefficient (Wildman–Crippen LogP) is 4.08. The van der Waals surface area contributed by atoms with Crippen LogP contribution in [0, 0.1) is 29.0 Å². The predicted molar refractivity (Wildman–Crippen MR) is 100 cm³/mol. The molecule has 2 amide bonds. The van der Waals surface area contributed by atoms with E-state index in [9.17, 15) is 14.0 Å². The zero-order valence-electron chi connectivity index (χ0n) is 14.7. The molecular formula is C21H20FN3O2. The molecule has 1 saturated carbocycles. The Morgan fingerprint density at radius 3 is 1.93 bits per heavy atom. The zero-order chi connectivity index (χ0) is 19.2. The zero-order valence-corrected chi connectivity index (χ0v) is 14.7. The lowest BCUT2D eigenvalue weighted by atomic mass is 9.81. The minimum atomic E-state index is -0.395. The molecule has 0 atom stereocenters. The first kappa shape index (κ1) is 18.6. The van der Waals surface area contributed by atoms with Crippen LogP contribution in [0.4, 0.5) is 15.8 Å². The molecule has 0 aliphatic heterocycles. The molecule has 138 valence electrons. The van der Waals surface area contributed by atoms with Gasteiger partial charge in [0.1, 0.15) is 5.82 Å². The molecule has 2 aromatic carbocycles. The SMILES string of the molecule is N#Cc1cccc(NC(=O)C2CCC(C(=O)Nc3cccc(F)c3)CC2)c1. The molecule has 1 aliphatic carbocycles. The van der Waals surface area contributed by atoms with Crippen molar-refractivity contribution in [1.29, 1.82) is 5.26 Å². The van der Waals surface area contributed by atoms with E-state index >= 15 is 0 Å². The van der Waals surface area contributed by atoms with E-state index < -0.39 is 5.82 Å². The van der Waals surface area contributed by atoms with Crippen molar-refractivity contribution in [2.24, 2.45) is 11.8 Å². The van der Waals surface area contributed by atoms with E-state index in [0.29, 0.717) is 42.6 Å². The molecule has 5 nitrogen and oxygen atoms in total. The Morgan fingerprint density at radius 1 is 0.889 bits per heavy atom. The average molecular weight is 365 g/mol. The highest BCUT2D eigenvalue weighted by Crippen LogP contribution is 2.30. The van der Waals surface area contributed by atoms with Crippen molar-refractivity contribution in [2.75, 3.05) is 10.6 Å². The first-order valence-electron chi connectivity index (χ1n) is 8.92. The molecule has 1 fully saturated rings. The number of hydrogen-bond donors (Lipinski definition) is 2. The Kier molecular flexibility index (Phi) is 5.82. The van der Waals surface area contributed by atoms with Gasteiger partial charge in [0.15, 0.2) is 0 Å². The van der Waals surface area contributed by atoms with Gasteiger partial charge in [0.2, 0.25) is 11.8 Å². The number of rotatable bonds is 4. The van der Waals surface area contributed by atoms with Gasteiger partial charge in [-0.15, -0.1) is 0 Å². The molecule has 2 N–H and O–H groups in total. The molecule has 0 spiro atoms. The lowest BCUT2D eigenvalue weighted by Gasteiger charge is -2.27. The molecule has 0 bridgehead atoms. The van der Waals surface area contributed by atoms with Gasteiger partial charge in [-0.2, -0.15) is 5.26 Å². The van der Waals surface area contributed by atoms with Gasteiger partial charge in [-0.3, -0.25) is 9.59 Å². The highest BCUT2D eigenvalue weighted by molar-refractivity contribution is 5.94. The number of carbonyl (C=O) groups excluding carboxylic acids is 2. The summed E-state index contributed by atoms with van der Waals surface area (Å²) in [7, 11) is 0. The van der Waals surface area contributed by atoms with Crippen LogP contribution in [-0.2, 0) is 9.59 Å². The number of benzene rings is 2. The first-order chi connectivity index (χ1) is 13.0. The molecule has 0 saturated heterocycles. The molecular weight excluding hydrogens is 345 g/mol. The van der Waals surface area contributed by atoms with Crippen molar-refractivity contribution in [2.45, 2.75) is 25.7 Å². The van der Waals surface area contributed by atoms with E-state index in [1.54, 1.807) is 36.4 Å². The Balaban J connectivity index is 1.51. The van der Waals surface area contributed by atoms with Gasteiger partial charge in [-0.25, -0.2) is 4.39 Å². The number of amides is 2. The monoisotopic (exact) mass is 365 g/mol. The number of halogens is 1. The summed E-state index contributed by atoms with van der Waals surface area (Å²) in [6.07, 6.45) is 2.45. The fourth-order valence-corrected chi connectivity index (χ4v) is 3.34. The van der Waals surface area contributed by atoms with E-state index in [1.165, 1.54) is 12.1 Å². The summed E-state index contributed by atoms with van der Waals surface area (Å²) in [4.78, 5) is 24.8. The molecule has 1 aliphatic rings. The van der Waals surface area contributed by atoms with E-state index in [-0.39, 0.29) is 23.7 Å². The van der Waals surface area contributed by atoms with Gasteiger partial charge in [0.25, 0.3) is 0 Å². The molecule has 0 radical (unpaired) electrons. The Hall–Kier alpha value is -3.20. The third kappa shape index (κ3) is 4.91. The quantitative estimate of drug-likeness (QED) is 0.856. The summed E-state index contributed by atoms with van der Waals surface area (Å²) in [5.74, 6) is -0.961. The van der Waals surface area contributed by atoms with Gasteiger partial charge in [-0.1, -0.05) is 12.1 Å². The number of anilines is 2. The van der Waals surface area contributed by atoms with Crippen LogP contribution < -0.4 is 10.6 Å². The van der Waals surface area contributed by atoms with Gasteiger partial charge < -0.3 is 10.6 Å². The minimum Gasteiger partial charge on any atom is -0.326 e. The van der Waals surface area contributed by atoms with Crippen molar-refractivity contribution in [3.05, 3.63) is 59.9 Å². The number of nitrogens with zero attached hydrogens (tertiary/aromatic N) is 1. The van der Waals surface area contributed by atoms with Crippen LogP contribution in [0.15, 0.2) is 48.5 Å². The van der Waals surface area contributed by atoms with Gasteiger partial charge in [0, 0.05) is 23.2 Å². The summed E-state index contributed by atoms with van der Waals surface area (Å²) in [6.45, 7) is 0. The molecule has 2 aromatic rings. The minimum absolute atomic E-state index is 0.0888. The van der Waals surface area contributed by atoms with Crippen molar-refractivity contribution in [3.8, 4) is 6.07 Å². The van der Waals surface area contributed by atoms with Crippen molar-refractivity contribution < 1.29 is 14.0 Å². The van der Waals surface area contributed by atoms with Crippen LogP contribution in [0.1, 0.15) is 31.2 Å². The van der Waals surface area contributed by atoms with Crippen LogP contribution in [0.25, 0.3) is 0 Å². The van der Waals surface area contributed by atoms with Crippen LogP contribution in [0.3, 0.4) is 0 Å². The number of nitrogens with one attached hydrogen (secondary N) is 2. The summed E-state index contributed by atoms with van der Waals surface area (Å²) in [6, 6.07) is 14.6. The second-order valence-corrected chi connectivity index (χ2v) is 6.73. The van der Waals surface area contributed by atoms with Gasteiger partial charge >= 0.3 is 0 Å². The molecule has 0 unspecified atom stereocenters. The Labute approximate surface area is 157 Å². The maximum Gasteiger partial charge on any atom is 0.227 e. The van der Waals surface area contributed by atoms with Gasteiger partial charge in [-0.05, 0) is 62.1 Å². The van der Waals surface area contributed by atoms with Crippen LogP contribution in [0.5, 0.6) is 0 Å². The van der Waals surface area contributed by atoms with Crippen molar-refractivity contribution in [1.82, 2.24) is 0 Å². The summed E-state index contributed by atoms with van der Waals surface area (Å²) in [5.41, 5.74) is 1.53. The highest BCUT2D eigenvalue weighted by atomic mass is 19.1. The third-order valence-corrected chi connectivity index (χ3v) is 4.82. The second kappa shape index (κ2) is 8.45. The van der Waals surface area contributed by atoms with E-state index in [1.807, 2.05) is 6.07 Å². The fourth-order valence-electron chi connectivity index (χ4n) is 3.34. The summed E-state index contributed by atoms with van der Waals surface area (Å²) < 4.78 is 13.2. The van der Waals surface area contributed by atoms with Crippen LogP contribution in [0.2, 0.25) is 0 Å². The number of hydrogen-bond acceptors (Lipinski definition) is 3. The molecule has 27 heavy (non-hydrogen) atoms. The smallest absolute Gasteiger partial charge is 0.227 e. The van der Waals surface area contributed by atoms with Gasteiger partial charge in [0.05, 0.1) is 11.6 Å². The van der Waals surface area contributed by atoms with E-state index in [0.717, 1.165) is 0 Å². The lowest BCUT2D eigenvalue weighted by Crippen LogP contribution is -2.32. The normalized spacial score (nSPS) is 19.0. The standard InChI is InChI=1S/C21H20FN3O2/c22-17-4-2-6-19(12-17)25-21(27)16-9-7-15(8-10-16)20(26)24-18-5-1-3-14(11-18)13-23/h1-6,11-12,15-16H,7-10H2,(H,24,26)(H,25,27). The summed E-state index contributed by atoms with van der Waals surface area (Å²) in [5, 5.41) is 14.5. The molecule has 3 rings (SSSR count). The molecule has 6 heteroatoms. The van der Waals surface area contributed by atoms with Crippen molar-refractivity contribution in [3.63, 3.8) is 0 Å². The Morgan fingerprint density at radius 2 is 1.41 bits per heavy atom. The number of carbonyl (C=O) groups is 2. The van der Waals surface area contributed by atoms with Crippen LogP contribution in [-0.4, -0.2) is 11.8 Å². The second-order valence-electron chi connectivity index (χ2n) is 6.73. The Bertz CT molecular complexity index is 883. The van der Waals surface area contributed by atoms with E-state index in [2.05, 4.69) is 10.6 Å². The van der Waals surface area contributed by atoms with E-state index in [4.69, 9.17) is 5.26 Å². The first-order valence-corrected chi connectivity index (χ1v) is 8.92. The average Bonchev–Trinajstić information content (AvgIpc) is 2.68. The maximum absolute atomic E-state index is 13.2. The maximum atomic E-state index is 13.2. The largest absolute Gasteiger partial charge is 0.326 e. The number of nitriles is 1. The fraction of sp³-hybridized carbons (Fsp3) is 0.286. The van der Waals surface area contributed by atoms with Crippen LogP contribution >= 0.6 is 0 Å².